The molecule has 1 aromatic rings. The first-order valence-electron chi connectivity index (χ1n) is 7.72. The number of hydrogen-bond donors (Lipinski definition) is 1. The lowest BCUT2D eigenvalue weighted by Gasteiger charge is -2.26. The molecule has 1 fully saturated rings. The van der Waals surface area contributed by atoms with Gasteiger partial charge in [-0.2, -0.15) is 9.40 Å². The molecule has 0 saturated heterocycles. The molecule has 1 N–H and O–H groups in total. The van der Waals surface area contributed by atoms with E-state index in [1.807, 2.05) is 13.8 Å². The molecule has 2 aliphatic rings. The summed E-state index contributed by atoms with van der Waals surface area (Å²) in [5.41, 5.74) is 1.14. The van der Waals surface area contributed by atoms with Crippen LogP contribution in [-0.2, 0) is 23.1 Å². The second-order valence-electron chi connectivity index (χ2n) is 6.43. The lowest BCUT2D eigenvalue weighted by atomic mass is 10.2. The quantitative estimate of drug-likeness (QED) is 0.858. The molecule has 0 radical (unpaired) electrons. The minimum atomic E-state index is -3.17. The van der Waals surface area contributed by atoms with Crippen molar-refractivity contribution < 1.29 is 13.2 Å². The van der Waals surface area contributed by atoms with Crippen molar-refractivity contribution in [2.75, 3.05) is 13.1 Å². The van der Waals surface area contributed by atoms with Crippen molar-refractivity contribution in [2.24, 2.45) is 5.92 Å². The molecule has 1 aromatic heterocycles. The highest BCUT2D eigenvalue weighted by Crippen LogP contribution is 2.32. The molecule has 0 spiro atoms. The fourth-order valence-electron chi connectivity index (χ4n) is 2.53. The van der Waals surface area contributed by atoms with Gasteiger partial charge >= 0.3 is 0 Å². The van der Waals surface area contributed by atoms with Crippen LogP contribution in [0, 0.1) is 5.92 Å². The van der Waals surface area contributed by atoms with Crippen molar-refractivity contribution in [1.29, 1.82) is 0 Å². The number of rotatable bonds is 5. The first-order chi connectivity index (χ1) is 10.4. The Morgan fingerprint density at radius 1 is 1.41 bits per heavy atom. The van der Waals surface area contributed by atoms with Gasteiger partial charge in [-0.05, 0) is 24.8 Å². The van der Waals surface area contributed by atoms with E-state index < -0.39 is 10.0 Å². The summed E-state index contributed by atoms with van der Waals surface area (Å²) in [4.78, 5) is 12.0. The van der Waals surface area contributed by atoms with E-state index in [4.69, 9.17) is 0 Å². The Balaban J connectivity index is 1.71. The highest BCUT2D eigenvalue weighted by Gasteiger charge is 2.41. The summed E-state index contributed by atoms with van der Waals surface area (Å²) < 4.78 is 27.9. The summed E-state index contributed by atoms with van der Waals surface area (Å²) in [6.07, 6.45) is 1.53. The van der Waals surface area contributed by atoms with Gasteiger partial charge in [0.05, 0.1) is 24.0 Å². The molecule has 2 heterocycles. The zero-order valence-corrected chi connectivity index (χ0v) is 13.8. The van der Waals surface area contributed by atoms with Crippen LogP contribution in [0.15, 0.2) is 6.07 Å². The van der Waals surface area contributed by atoms with Gasteiger partial charge in [0.2, 0.25) is 10.0 Å². The summed E-state index contributed by atoms with van der Waals surface area (Å²) in [5.74, 6) is 0.174. The average molecular weight is 326 g/mol. The van der Waals surface area contributed by atoms with E-state index in [-0.39, 0.29) is 11.2 Å². The summed E-state index contributed by atoms with van der Waals surface area (Å²) in [6.45, 7) is 5.89. The number of carbonyl (C=O) groups excluding carboxylic acids is 1. The number of fused-ring (bicyclic) bond motifs is 1. The molecule has 0 atom stereocenters. The predicted octanol–water partition coefficient (Wildman–Crippen LogP) is 0.577. The lowest BCUT2D eigenvalue weighted by Crippen LogP contribution is -2.40. The number of carbonyl (C=O) groups is 1. The number of aromatic nitrogens is 2. The third-order valence-electron chi connectivity index (χ3n) is 3.97. The van der Waals surface area contributed by atoms with Crippen LogP contribution in [0.3, 0.4) is 0 Å². The maximum atomic E-state index is 12.3. The van der Waals surface area contributed by atoms with Gasteiger partial charge < -0.3 is 5.32 Å². The number of nitrogens with zero attached hydrogens (tertiary/aromatic N) is 3. The Kier molecular flexibility index (Phi) is 3.98. The molecule has 1 aliphatic carbocycles. The standard InChI is InChI=1S/C14H22N4O3S/c1-10(2)8-15-14(19)13-7-11-9-17(5-6-18(11)16-13)22(20,21)12-3-4-12/h7,10,12H,3-6,8-9H2,1-2H3,(H,15,19). The summed E-state index contributed by atoms with van der Waals surface area (Å²) in [7, 11) is -3.17. The third kappa shape index (κ3) is 3.03. The molecule has 8 heteroatoms. The normalized spacial score (nSPS) is 19.2. The molecule has 1 aliphatic heterocycles. The van der Waals surface area contributed by atoms with Crippen molar-refractivity contribution in [2.45, 2.75) is 45.0 Å². The number of nitrogens with one attached hydrogen (secondary N) is 1. The first kappa shape index (κ1) is 15.5. The monoisotopic (exact) mass is 326 g/mol. The van der Waals surface area contributed by atoms with Gasteiger partial charge in [-0.3, -0.25) is 9.48 Å². The molecule has 3 rings (SSSR count). The maximum absolute atomic E-state index is 12.3. The smallest absolute Gasteiger partial charge is 0.271 e. The molecular formula is C14H22N4O3S. The highest BCUT2D eigenvalue weighted by molar-refractivity contribution is 7.90. The number of amides is 1. The van der Waals surface area contributed by atoms with Crippen molar-refractivity contribution in [3.63, 3.8) is 0 Å². The van der Waals surface area contributed by atoms with E-state index in [1.54, 1.807) is 10.7 Å². The summed E-state index contributed by atoms with van der Waals surface area (Å²) in [6, 6.07) is 1.70. The predicted molar refractivity (Wildman–Crippen MR) is 81.8 cm³/mol. The summed E-state index contributed by atoms with van der Waals surface area (Å²) >= 11 is 0. The van der Waals surface area contributed by atoms with Gasteiger partial charge in [0.1, 0.15) is 5.69 Å². The molecule has 7 nitrogen and oxygen atoms in total. The molecule has 22 heavy (non-hydrogen) atoms. The van der Waals surface area contributed by atoms with Gasteiger partial charge in [0, 0.05) is 13.1 Å². The molecule has 1 saturated carbocycles. The third-order valence-corrected chi connectivity index (χ3v) is 6.32. The minimum absolute atomic E-state index is 0.198. The van der Waals surface area contributed by atoms with E-state index in [1.165, 1.54) is 4.31 Å². The maximum Gasteiger partial charge on any atom is 0.271 e. The molecule has 0 unspecified atom stereocenters. The zero-order chi connectivity index (χ0) is 15.9. The highest BCUT2D eigenvalue weighted by atomic mass is 32.2. The first-order valence-corrected chi connectivity index (χ1v) is 9.22. The molecule has 0 bridgehead atoms. The zero-order valence-electron chi connectivity index (χ0n) is 12.9. The molecule has 1 amide bonds. The van der Waals surface area contributed by atoms with Crippen LogP contribution < -0.4 is 5.32 Å². The second kappa shape index (κ2) is 5.66. The van der Waals surface area contributed by atoms with Crippen LogP contribution in [0.5, 0.6) is 0 Å². The average Bonchev–Trinajstić information content (AvgIpc) is 3.24. The van der Waals surface area contributed by atoms with Crippen molar-refractivity contribution >= 4 is 15.9 Å². The topological polar surface area (TPSA) is 84.3 Å². The minimum Gasteiger partial charge on any atom is -0.350 e. The van der Waals surface area contributed by atoms with Crippen LogP contribution >= 0.6 is 0 Å². The lowest BCUT2D eigenvalue weighted by molar-refractivity contribution is 0.0943. The van der Waals surface area contributed by atoms with Crippen LogP contribution in [0.2, 0.25) is 0 Å². The van der Waals surface area contributed by atoms with Gasteiger partial charge in [0.15, 0.2) is 0 Å². The van der Waals surface area contributed by atoms with E-state index in [2.05, 4.69) is 10.4 Å². The Bertz CT molecular complexity index is 676. The second-order valence-corrected chi connectivity index (χ2v) is 8.64. The van der Waals surface area contributed by atoms with Crippen molar-refractivity contribution in [1.82, 2.24) is 19.4 Å². The fourth-order valence-corrected chi connectivity index (χ4v) is 4.34. The van der Waals surface area contributed by atoms with E-state index in [0.29, 0.717) is 37.8 Å². The Morgan fingerprint density at radius 3 is 2.77 bits per heavy atom. The van der Waals surface area contributed by atoms with Crippen molar-refractivity contribution in [3.8, 4) is 0 Å². The van der Waals surface area contributed by atoms with E-state index in [9.17, 15) is 13.2 Å². The molecule has 0 aromatic carbocycles. The van der Waals surface area contributed by atoms with Crippen LogP contribution in [0.4, 0.5) is 0 Å². The fraction of sp³-hybridized carbons (Fsp3) is 0.714. The summed E-state index contributed by atoms with van der Waals surface area (Å²) in [5, 5.41) is 6.92. The van der Waals surface area contributed by atoms with Gasteiger partial charge in [-0.25, -0.2) is 8.42 Å². The van der Waals surface area contributed by atoms with Crippen LogP contribution in [-0.4, -0.2) is 46.8 Å². The largest absolute Gasteiger partial charge is 0.350 e. The Labute approximate surface area is 130 Å². The van der Waals surface area contributed by atoms with Gasteiger partial charge in [-0.1, -0.05) is 13.8 Å². The van der Waals surface area contributed by atoms with Crippen LogP contribution in [0.25, 0.3) is 0 Å². The Hall–Kier alpha value is -1.41. The number of sulfonamides is 1. The SMILES string of the molecule is CC(C)CNC(=O)c1cc2n(n1)CCN(S(=O)(=O)C1CC1)C2. The number of hydrogen-bond acceptors (Lipinski definition) is 4. The van der Waals surface area contributed by atoms with E-state index >= 15 is 0 Å². The molecular weight excluding hydrogens is 304 g/mol. The Morgan fingerprint density at radius 2 is 2.14 bits per heavy atom. The van der Waals surface area contributed by atoms with E-state index in [0.717, 1.165) is 18.5 Å². The van der Waals surface area contributed by atoms with Gasteiger partial charge in [0.25, 0.3) is 5.91 Å². The molecule has 122 valence electrons. The van der Waals surface area contributed by atoms with Crippen molar-refractivity contribution in [3.05, 3.63) is 17.5 Å². The van der Waals surface area contributed by atoms with Crippen LogP contribution in [0.1, 0.15) is 42.9 Å². The van der Waals surface area contributed by atoms with Gasteiger partial charge in [-0.15, -0.1) is 0 Å².